The molecule has 2 heterocycles. The first-order valence-corrected chi connectivity index (χ1v) is 7.11. The Morgan fingerprint density at radius 2 is 1.83 bits per heavy atom. The molecule has 9 heteroatoms. The van der Waals surface area contributed by atoms with E-state index < -0.39 is 17.7 Å². The molecular weight excluding hydrogens is 322 g/mol. The number of H-pyrrole nitrogens is 1. The van der Waals surface area contributed by atoms with Crippen molar-refractivity contribution in [3.05, 3.63) is 34.9 Å². The first-order valence-electron chi connectivity index (χ1n) is 6.74. The molecule has 4 N–H and O–H groups in total. The monoisotopic (exact) mass is 333 g/mol. The van der Waals surface area contributed by atoms with Gasteiger partial charge in [0.05, 0.1) is 5.69 Å². The van der Waals surface area contributed by atoms with Crippen molar-refractivity contribution in [1.29, 1.82) is 0 Å². The molecule has 1 saturated heterocycles. The fraction of sp³-hybridized carbons (Fsp3) is 0.143. The standard InChI is InChI=1S/C14H12ClN5O3/c15-8-3-1-7(2-4-8)12-11(13(16)18-17-12)14(23)19-20-9(21)5-6-10(20)22/h1-4H,5-6H2,(H,19,23)(H3,16,17,18). The molecule has 0 bridgehead atoms. The zero-order chi connectivity index (χ0) is 16.6. The van der Waals surface area contributed by atoms with Gasteiger partial charge in [-0.3, -0.25) is 24.9 Å². The zero-order valence-corrected chi connectivity index (χ0v) is 12.6. The molecule has 8 nitrogen and oxygen atoms in total. The van der Waals surface area contributed by atoms with Crippen molar-refractivity contribution in [3.8, 4) is 11.3 Å². The molecule has 118 valence electrons. The van der Waals surface area contributed by atoms with Crippen molar-refractivity contribution in [1.82, 2.24) is 20.6 Å². The SMILES string of the molecule is Nc1n[nH]c(-c2ccc(Cl)cc2)c1C(=O)NN1C(=O)CCC1=O. The van der Waals surface area contributed by atoms with E-state index in [1.165, 1.54) is 0 Å². The third-order valence-electron chi connectivity index (χ3n) is 3.42. The number of carbonyl (C=O) groups excluding carboxylic acids is 3. The molecule has 0 saturated carbocycles. The summed E-state index contributed by atoms with van der Waals surface area (Å²) in [6.45, 7) is 0. The van der Waals surface area contributed by atoms with Crippen LogP contribution in [0.3, 0.4) is 0 Å². The lowest BCUT2D eigenvalue weighted by atomic mass is 10.1. The molecule has 1 fully saturated rings. The molecule has 0 atom stereocenters. The van der Waals surface area contributed by atoms with Gasteiger partial charge in [0.25, 0.3) is 5.91 Å². The summed E-state index contributed by atoms with van der Waals surface area (Å²) >= 11 is 5.84. The maximum absolute atomic E-state index is 12.4. The fourth-order valence-corrected chi connectivity index (χ4v) is 2.40. The summed E-state index contributed by atoms with van der Waals surface area (Å²) < 4.78 is 0. The summed E-state index contributed by atoms with van der Waals surface area (Å²) in [5, 5.41) is 7.74. The number of anilines is 1. The van der Waals surface area contributed by atoms with Crippen LogP contribution in [0, 0.1) is 0 Å². The summed E-state index contributed by atoms with van der Waals surface area (Å²) in [4.78, 5) is 35.6. The van der Waals surface area contributed by atoms with Crippen LogP contribution in [0.25, 0.3) is 11.3 Å². The van der Waals surface area contributed by atoms with Gasteiger partial charge >= 0.3 is 0 Å². The van der Waals surface area contributed by atoms with E-state index >= 15 is 0 Å². The van der Waals surface area contributed by atoms with Crippen LogP contribution < -0.4 is 11.2 Å². The van der Waals surface area contributed by atoms with Crippen LogP contribution in [-0.2, 0) is 9.59 Å². The van der Waals surface area contributed by atoms with Gasteiger partial charge in [-0.15, -0.1) is 0 Å². The summed E-state index contributed by atoms with van der Waals surface area (Å²) in [6.07, 6.45) is 0.147. The fourth-order valence-electron chi connectivity index (χ4n) is 2.27. The van der Waals surface area contributed by atoms with E-state index in [4.69, 9.17) is 17.3 Å². The normalized spacial score (nSPS) is 14.4. The van der Waals surface area contributed by atoms with E-state index in [1.54, 1.807) is 24.3 Å². The lowest BCUT2D eigenvalue weighted by molar-refractivity contribution is -0.141. The molecule has 1 aromatic heterocycles. The van der Waals surface area contributed by atoms with Crippen molar-refractivity contribution in [3.63, 3.8) is 0 Å². The number of carbonyl (C=O) groups is 3. The van der Waals surface area contributed by atoms with Crippen LogP contribution >= 0.6 is 11.6 Å². The van der Waals surface area contributed by atoms with Crippen LogP contribution in [0.5, 0.6) is 0 Å². The highest BCUT2D eigenvalue weighted by Gasteiger charge is 2.32. The zero-order valence-electron chi connectivity index (χ0n) is 11.8. The van der Waals surface area contributed by atoms with E-state index in [2.05, 4.69) is 15.6 Å². The van der Waals surface area contributed by atoms with Crippen molar-refractivity contribution in [2.24, 2.45) is 0 Å². The van der Waals surface area contributed by atoms with Crippen LogP contribution in [0.15, 0.2) is 24.3 Å². The molecule has 2 aromatic rings. The van der Waals surface area contributed by atoms with Gasteiger partial charge in [0, 0.05) is 23.4 Å². The van der Waals surface area contributed by atoms with E-state index in [-0.39, 0.29) is 24.2 Å². The molecule has 23 heavy (non-hydrogen) atoms. The number of rotatable bonds is 3. The number of hydrogen-bond donors (Lipinski definition) is 3. The topological polar surface area (TPSA) is 121 Å². The maximum Gasteiger partial charge on any atom is 0.276 e. The summed E-state index contributed by atoms with van der Waals surface area (Å²) in [6, 6.07) is 6.70. The molecule has 1 aliphatic rings. The minimum absolute atomic E-state index is 0.0356. The first-order chi connectivity index (χ1) is 11.0. The molecule has 0 unspecified atom stereocenters. The number of nitrogens with two attached hydrogens (primary N) is 1. The van der Waals surface area contributed by atoms with Gasteiger partial charge in [-0.05, 0) is 12.1 Å². The second kappa shape index (κ2) is 5.73. The smallest absolute Gasteiger partial charge is 0.276 e. The average molecular weight is 334 g/mol. The molecular formula is C14H12ClN5O3. The van der Waals surface area contributed by atoms with Crippen molar-refractivity contribution < 1.29 is 14.4 Å². The van der Waals surface area contributed by atoms with Crippen molar-refractivity contribution >= 4 is 35.1 Å². The average Bonchev–Trinajstić information content (AvgIpc) is 3.05. The number of amides is 3. The predicted octanol–water partition coefficient (Wildman–Crippen LogP) is 1.11. The molecule has 0 spiro atoms. The molecule has 1 aromatic carbocycles. The van der Waals surface area contributed by atoms with Gasteiger partial charge in [-0.25, -0.2) is 0 Å². The van der Waals surface area contributed by atoms with Gasteiger partial charge in [0.2, 0.25) is 11.8 Å². The van der Waals surface area contributed by atoms with Gasteiger partial charge in [0.15, 0.2) is 5.82 Å². The quantitative estimate of drug-likeness (QED) is 0.726. The second-order valence-corrected chi connectivity index (χ2v) is 5.37. The van der Waals surface area contributed by atoms with E-state index in [0.717, 1.165) is 0 Å². The minimum atomic E-state index is -0.690. The van der Waals surface area contributed by atoms with E-state index in [9.17, 15) is 14.4 Å². The predicted molar refractivity (Wildman–Crippen MR) is 82.0 cm³/mol. The number of hydrogen-bond acceptors (Lipinski definition) is 5. The minimum Gasteiger partial charge on any atom is -0.382 e. The van der Waals surface area contributed by atoms with Gasteiger partial charge in [-0.2, -0.15) is 10.1 Å². The number of nitrogen functional groups attached to an aromatic ring is 1. The number of nitrogens with one attached hydrogen (secondary N) is 2. The lowest BCUT2D eigenvalue weighted by Crippen LogP contribution is -2.45. The number of aromatic nitrogens is 2. The van der Waals surface area contributed by atoms with E-state index in [1.807, 2.05) is 0 Å². The Morgan fingerprint density at radius 1 is 1.22 bits per heavy atom. The van der Waals surface area contributed by atoms with Crippen molar-refractivity contribution in [2.75, 3.05) is 5.73 Å². The van der Waals surface area contributed by atoms with Crippen LogP contribution in [-0.4, -0.2) is 32.9 Å². The lowest BCUT2D eigenvalue weighted by Gasteiger charge is -2.15. The Morgan fingerprint density at radius 3 is 2.43 bits per heavy atom. The molecule has 1 aliphatic heterocycles. The molecule has 3 amide bonds. The number of halogens is 1. The number of hydrazine groups is 1. The molecule has 0 aliphatic carbocycles. The Hall–Kier alpha value is -2.87. The number of nitrogens with zero attached hydrogens (tertiary/aromatic N) is 2. The molecule has 3 rings (SSSR count). The van der Waals surface area contributed by atoms with E-state index in [0.29, 0.717) is 21.3 Å². The Kier molecular flexibility index (Phi) is 3.75. The number of aromatic amines is 1. The third-order valence-corrected chi connectivity index (χ3v) is 3.67. The number of imide groups is 1. The Labute approximate surface area is 135 Å². The van der Waals surface area contributed by atoms with Crippen LogP contribution in [0.2, 0.25) is 5.02 Å². The maximum atomic E-state index is 12.4. The largest absolute Gasteiger partial charge is 0.382 e. The van der Waals surface area contributed by atoms with Gasteiger partial charge < -0.3 is 5.73 Å². The second-order valence-electron chi connectivity index (χ2n) is 4.93. The number of benzene rings is 1. The summed E-state index contributed by atoms with van der Waals surface area (Å²) in [5.41, 5.74) is 9.08. The first kappa shape index (κ1) is 15.0. The Bertz CT molecular complexity index is 783. The molecule has 0 radical (unpaired) electrons. The van der Waals surface area contributed by atoms with Gasteiger partial charge in [0.1, 0.15) is 5.56 Å². The third kappa shape index (κ3) is 2.76. The summed E-state index contributed by atoms with van der Waals surface area (Å²) in [5.74, 6) is -1.65. The van der Waals surface area contributed by atoms with Crippen LogP contribution in [0.1, 0.15) is 23.2 Å². The Balaban J connectivity index is 1.92. The summed E-state index contributed by atoms with van der Waals surface area (Å²) in [7, 11) is 0. The van der Waals surface area contributed by atoms with Gasteiger partial charge in [-0.1, -0.05) is 23.7 Å². The highest BCUT2D eigenvalue weighted by Crippen LogP contribution is 2.26. The highest BCUT2D eigenvalue weighted by molar-refractivity contribution is 6.30. The van der Waals surface area contributed by atoms with Crippen LogP contribution in [0.4, 0.5) is 5.82 Å². The highest BCUT2D eigenvalue weighted by atomic mass is 35.5. The van der Waals surface area contributed by atoms with Crippen molar-refractivity contribution in [2.45, 2.75) is 12.8 Å².